The molecule has 1 aromatic carbocycles. The molecule has 124 valence electrons. The molecule has 1 saturated heterocycles. The molecular formula is C17H22N2O4. The van der Waals surface area contributed by atoms with Crippen molar-refractivity contribution in [2.75, 3.05) is 20.6 Å². The van der Waals surface area contributed by atoms with Crippen molar-refractivity contribution in [3.8, 4) is 0 Å². The van der Waals surface area contributed by atoms with Crippen LogP contribution in [-0.4, -0.2) is 59.4 Å². The molecular weight excluding hydrogens is 296 g/mol. The lowest BCUT2D eigenvalue weighted by molar-refractivity contribution is -0.144. The fraction of sp³-hybridized carbons (Fsp3) is 0.471. The molecule has 2 amide bonds. The Bertz CT molecular complexity index is 610. The van der Waals surface area contributed by atoms with Gasteiger partial charge in [0.15, 0.2) is 0 Å². The van der Waals surface area contributed by atoms with Gasteiger partial charge in [-0.25, -0.2) is 4.79 Å². The van der Waals surface area contributed by atoms with Crippen LogP contribution in [0.15, 0.2) is 24.3 Å². The summed E-state index contributed by atoms with van der Waals surface area (Å²) in [4.78, 5) is 38.8. The van der Waals surface area contributed by atoms with E-state index in [-0.39, 0.29) is 11.8 Å². The largest absolute Gasteiger partial charge is 0.480 e. The lowest BCUT2D eigenvalue weighted by Gasteiger charge is -2.36. The summed E-state index contributed by atoms with van der Waals surface area (Å²) in [6, 6.07) is 5.57. The van der Waals surface area contributed by atoms with Crippen LogP contribution in [0.3, 0.4) is 0 Å². The first-order valence-corrected chi connectivity index (χ1v) is 7.66. The molecule has 6 heteroatoms. The Hall–Kier alpha value is -2.37. The van der Waals surface area contributed by atoms with Crippen molar-refractivity contribution >= 4 is 17.8 Å². The van der Waals surface area contributed by atoms with E-state index in [2.05, 4.69) is 0 Å². The van der Waals surface area contributed by atoms with E-state index in [0.29, 0.717) is 30.0 Å². The first-order chi connectivity index (χ1) is 10.8. The molecule has 1 aliphatic rings. The number of carbonyl (C=O) groups excluding carboxylic acids is 2. The molecule has 0 aromatic heterocycles. The number of carbonyl (C=O) groups is 3. The Morgan fingerprint density at radius 3 is 2.22 bits per heavy atom. The second-order valence-electron chi connectivity index (χ2n) is 6.26. The number of carboxylic acids is 1. The summed E-state index contributed by atoms with van der Waals surface area (Å²) in [5, 5.41) is 9.36. The van der Waals surface area contributed by atoms with Gasteiger partial charge < -0.3 is 14.9 Å². The SMILES string of the molecule is CC1CCN(C(=O)c2ccc(C(=O)N(C)C)cc2)C(C(=O)O)C1. The highest BCUT2D eigenvalue weighted by Crippen LogP contribution is 2.24. The molecule has 1 aromatic rings. The van der Waals surface area contributed by atoms with Crippen LogP contribution in [-0.2, 0) is 4.79 Å². The van der Waals surface area contributed by atoms with Crippen molar-refractivity contribution in [3.05, 3.63) is 35.4 Å². The van der Waals surface area contributed by atoms with E-state index in [4.69, 9.17) is 0 Å². The van der Waals surface area contributed by atoms with Gasteiger partial charge in [0.2, 0.25) is 0 Å². The fourth-order valence-electron chi connectivity index (χ4n) is 2.80. The van der Waals surface area contributed by atoms with Gasteiger partial charge in [-0.15, -0.1) is 0 Å². The van der Waals surface area contributed by atoms with Gasteiger partial charge in [0, 0.05) is 31.8 Å². The Morgan fingerprint density at radius 1 is 1.13 bits per heavy atom. The van der Waals surface area contributed by atoms with Gasteiger partial charge in [-0.2, -0.15) is 0 Å². The normalized spacial score (nSPS) is 20.9. The predicted molar refractivity (Wildman–Crippen MR) is 85.3 cm³/mol. The van der Waals surface area contributed by atoms with Gasteiger partial charge >= 0.3 is 5.97 Å². The third-order valence-electron chi connectivity index (χ3n) is 4.20. The van der Waals surface area contributed by atoms with E-state index >= 15 is 0 Å². The van der Waals surface area contributed by atoms with Crippen LogP contribution in [0, 0.1) is 5.92 Å². The number of benzene rings is 1. The molecule has 2 rings (SSSR count). The first kappa shape index (κ1) is 17.0. The first-order valence-electron chi connectivity index (χ1n) is 7.66. The standard InChI is InChI=1S/C17H22N2O4/c1-11-8-9-19(14(10-11)17(22)23)16(21)13-6-4-12(5-7-13)15(20)18(2)3/h4-7,11,14H,8-10H2,1-3H3,(H,22,23). The van der Waals surface area contributed by atoms with E-state index in [1.54, 1.807) is 38.4 Å². The van der Waals surface area contributed by atoms with Gasteiger partial charge in [0.05, 0.1) is 0 Å². The van der Waals surface area contributed by atoms with E-state index in [0.717, 1.165) is 6.42 Å². The molecule has 0 bridgehead atoms. The van der Waals surface area contributed by atoms with Gasteiger partial charge in [-0.05, 0) is 43.0 Å². The molecule has 1 N–H and O–H groups in total. The average molecular weight is 318 g/mol. The van der Waals surface area contributed by atoms with Crippen molar-refractivity contribution in [2.24, 2.45) is 5.92 Å². The maximum absolute atomic E-state index is 12.6. The molecule has 2 atom stereocenters. The van der Waals surface area contributed by atoms with Gasteiger partial charge in [0.1, 0.15) is 6.04 Å². The molecule has 0 radical (unpaired) electrons. The maximum atomic E-state index is 12.6. The summed E-state index contributed by atoms with van der Waals surface area (Å²) in [7, 11) is 3.32. The zero-order valence-electron chi connectivity index (χ0n) is 13.7. The predicted octanol–water partition coefficient (Wildman–Crippen LogP) is 1.71. The zero-order valence-corrected chi connectivity index (χ0v) is 13.7. The van der Waals surface area contributed by atoms with Crippen LogP contribution in [0.2, 0.25) is 0 Å². The second kappa shape index (κ2) is 6.81. The Labute approximate surface area is 135 Å². The number of amides is 2. The van der Waals surface area contributed by atoms with Crippen LogP contribution in [0.5, 0.6) is 0 Å². The zero-order chi connectivity index (χ0) is 17.1. The number of nitrogens with zero attached hydrogens (tertiary/aromatic N) is 2. The molecule has 0 aliphatic carbocycles. The molecule has 0 spiro atoms. The smallest absolute Gasteiger partial charge is 0.326 e. The monoisotopic (exact) mass is 318 g/mol. The summed E-state index contributed by atoms with van der Waals surface area (Å²) in [5.41, 5.74) is 0.898. The van der Waals surface area contributed by atoms with Gasteiger partial charge in [0.25, 0.3) is 11.8 Å². The van der Waals surface area contributed by atoms with Crippen molar-refractivity contribution in [3.63, 3.8) is 0 Å². The van der Waals surface area contributed by atoms with Crippen molar-refractivity contribution in [1.29, 1.82) is 0 Å². The lowest BCUT2D eigenvalue weighted by Crippen LogP contribution is -2.49. The Balaban J connectivity index is 2.19. The van der Waals surface area contributed by atoms with E-state index in [1.165, 1.54) is 9.80 Å². The molecule has 0 saturated carbocycles. The highest BCUT2D eigenvalue weighted by Gasteiger charge is 2.35. The summed E-state index contributed by atoms with van der Waals surface area (Å²) in [5.74, 6) is -1.11. The van der Waals surface area contributed by atoms with Crippen LogP contribution in [0.25, 0.3) is 0 Å². The van der Waals surface area contributed by atoms with Crippen LogP contribution >= 0.6 is 0 Å². The number of aliphatic carboxylic acids is 1. The third-order valence-corrected chi connectivity index (χ3v) is 4.20. The number of rotatable bonds is 3. The van der Waals surface area contributed by atoms with Crippen LogP contribution < -0.4 is 0 Å². The number of hydrogen-bond donors (Lipinski definition) is 1. The molecule has 1 aliphatic heterocycles. The summed E-state index contributed by atoms with van der Waals surface area (Å²) < 4.78 is 0. The fourth-order valence-corrected chi connectivity index (χ4v) is 2.80. The van der Waals surface area contributed by atoms with Gasteiger partial charge in [-0.1, -0.05) is 6.92 Å². The lowest BCUT2D eigenvalue weighted by atomic mass is 9.92. The van der Waals surface area contributed by atoms with Crippen LogP contribution in [0.1, 0.15) is 40.5 Å². The average Bonchev–Trinajstić information content (AvgIpc) is 2.53. The molecule has 1 fully saturated rings. The minimum absolute atomic E-state index is 0.140. The third kappa shape index (κ3) is 3.70. The summed E-state index contributed by atoms with van der Waals surface area (Å²) in [6.07, 6.45) is 1.27. The van der Waals surface area contributed by atoms with Crippen LogP contribution in [0.4, 0.5) is 0 Å². The minimum atomic E-state index is -0.968. The summed E-state index contributed by atoms with van der Waals surface area (Å²) in [6.45, 7) is 2.44. The molecule has 2 unspecified atom stereocenters. The van der Waals surface area contributed by atoms with Crippen molar-refractivity contribution in [1.82, 2.24) is 9.80 Å². The van der Waals surface area contributed by atoms with E-state index in [1.807, 2.05) is 6.92 Å². The Kier molecular flexibility index (Phi) is 5.03. The summed E-state index contributed by atoms with van der Waals surface area (Å²) >= 11 is 0. The van der Waals surface area contributed by atoms with Crippen molar-refractivity contribution in [2.45, 2.75) is 25.8 Å². The quantitative estimate of drug-likeness (QED) is 0.920. The number of likely N-dealkylation sites (tertiary alicyclic amines) is 1. The molecule has 23 heavy (non-hydrogen) atoms. The molecule has 1 heterocycles. The van der Waals surface area contributed by atoms with Crippen molar-refractivity contribution < 1.29 is 19.5 Å². The number of piperidine rings is 1. The highest BCUT2D eigenvalue weighted by atomic mass is 16.4. The topological polar surface area (TPSA) is 77.9 Å². The number of hydrogen-bond acceptors (Lipinski definition) is 3. The van der Waals surface area contributed by atoms with E-state index < -0.39 is 12.0 Å². The Morgan fingerprint density at radius 2 is 1.70 bits per heavy atom. The van der Waals surface area contributed by atoms with E-state index in [9.17, 15) is 19.5 Å². The number of carboxylic acid groups (broad SMARTS) is 1. The molecule has 6 nitrogen and oxygen atoms in total. The highest BCUT2D eigenvalue weighted by molar-refractivity contribution is 5.99. The maximum Gasteiger partial charge on any atom is 0.326 e. The minimum Gasteiger partial charge on any atom is -0.480 e. The second-order valence-corrected chi connectivity index (χ2v) is 6.26. The van der Waals surface area contributed by atoms with Gasteiger partial charge in [-0.3, -0.25) is 9.59 Å².